The van der Waals surface area contributed by atoms with E-state index in [0.717, 1.165) is 0 Å². The highest BCUT2D eigenvalue weighted by atomic mass is 32.2. The molecule has 75 valence electrons. The molecule has 1 aromatic carbocycles. The fourth-order valence-electron chi connectivity index (χ4n) is 1.03. The number of benzene rings is 1. The van der Waals surface area contributed by atoms with Gasteiger partial charge in [0.25, 0.3) is 5.69 Å². The first-order chi connectivity index (χ1) is 6.50. The van der Waals surface area contributed by atoms with Crippen LogP contribution in [0.4, 0.5) is 5.69 Å². The van der Waals surface area contributed by atoms with Crippen LogP contribution in [0.15, 0.2) is 18.2 Å². The van der Waals surface area contributed by atoms with Gasteiger partial charge < -0.3 is 0 Å². The summed E-state index contributed by atoms with van der Waals surface area (Å²) in [7, 11) is -2.56. The minimum Gasteiger partial charge on any atom is -0.258 e. The minimum absolute atomic E-state index is 0.153. The van der Waals surface area contributed by atoms with E-state index in [2.05, 4.69) is 6.92 Å². The molecule has 0 N–H and O–H groups in total. The average molecular weight is 214 g/mol. The molecule has 1 radical (unpaired) electrons. The quantitative estimate of drug-likeness (QED) is 0.460. The molecule has 0 unspecified atom stereocenters. The summed E-state index contributed by atoms with van der Waals surface area (Å²) < 4.78 is 20.8. The molecule has 0 aliphatic carbocycles. The molecule has 0 heterocycles. The third-order valence-corrected chi connectivity index (χ3v) is 2.28. The highest BCUT2D eigenvalue weighted by Crippen LogP contribution is 2.19. The Morgan fingerprint density at radius 1 is 1.43 bits per heavy atom. The summed E-state index contributed by atoms with van der Waals surface area (Å²) >= 11 is 0. The van der Waals surface area contributed by atoms with E-state index in [0.29, 0.717) is 5.56 Å². The molecule has 14 heavy (non-hydrogen) atoms. The molecular weight excluding hydrogens is 206 g/mol. The standard InChI is InChI=1S/C8H8NO4S/c1-6-2-3-7(5-14(12)13)4-8(6)9(10)11/h2-4,14H,1,5H2. The van der Waals surface area contributed by atoms with E-state index < -0.39 is 15.6 Å². The van der Waals surface area contributed by atoms with Gasteiger partial charge in [-0.25, -0.2) is 8.42 Å². The maximum Gasteiger partial charge on any atom is 0.272 e. The lowest BCUT2D eigenvalue weighted by atomic mass is 10.1. The highest BCUT2D eigenvalue weighted by molar-refractivity contribution is 7.71. The first-order valence-corrected chi connectivity index (χ1v) is 5.08. The number of thiol groups is 1. The first kappa shape index (κ1) is 10.6. The van der Waals surface area contributed by atoms with E-state index in [1.165, 1.54) is 18.2 Å². The van der Waals surface area contributed by atoms with E-state index in [9.17, 15) is 18.5 Å². The van der Waals surface area contributed by atoms with Crippen LogP contribution < -0.4 is 0 Å². The average Bonchev–Trinajstić information content (AvgIpc) is 2.07. The number of nitrogens with zero attached hydrogens (tertiary/aromatic N) is 1. The molecule has 0 aliphatic heterocycles. The second kappa shape index (κ2) is 4.19. The molecule has 0 aliphatic rings. The third kappa shape index (κ3) is 2.53. The molecule has 0 spiro atoms. The van der Waals surface area contributed by atoms with E-state index in [1.807, 2.05) is 0 Å². The van der Waals surface area contributed by atoms with Crippen LogP contribution in [0.25, 0.3) is 0 Å². The van der Waals surface area contributed by atoms with Crippen LogP contribution in [-0.2, 0) is 16.5 Å². The van der Waals surface area contributed by atoms with Crippen LogP contribution in [-0.4, -0.2) is 13.3 Å². The predicted octanol–water partition coefficient (Wildman–Crippen LogP) is 0.888. The molecule has 0 saturated heterocycles. The van der Waals surface area contributed by atoms with E-state index in [-0.39, 0.29) is 17.0 Å². The Morgan fingerprint density at radius 2 is 2.07 bits per heavy atom. The Balaban J connectivity index is 3.12. The molecular formula is C8H8NO4S. The van der Waals surface area contributed by atoms with Gasteiger partial charge in [-0.3, -0.25) is 10.1 Å². The van der Waals surface area contributed by atoms with Gasteiger partial charge in [-0.05, 0) is 12.5 Å². The van der Waals surface area contributed by atoms with Crippen molar-refractivity contribution in [3.05, 3.63) is 46.4 Å². The van der Waals surface area contributed by atoms with Crippen molar-refractivity contribution in [2.24, 2.45) is 0 Å². The van der Waals surface area contributed by atoms with Crippen molar-refractivity contribution in [3.8, 4) is 0 Å². The van der Waals surface area contributed by atoms with Gasteiger partial charge in [-0.2, -0.15) is 0 Å². The van der Waals surface area contributed by atoms with Gasteiger partial charge in [0.1, 0.15) is 10.7 Å². The largest absolute Gasteiger partial charge is 0.272 e. The fraction of sp³-hybridized carbons (Fsp3) is 0.125. The van der Waals surface area contributed by atoms with E-state index >= 15 is 0 Å². The maximum atomic E-state index is 10.5. The molecule has 5 nitrogen and oxygen atoms in total. The lowest BCUT2D eigenvalue weighted by Gasteiger charge is -1.98. The molecule has 0 fully saturated rings. The summed E-state index contributed by atoms with van der Waals surface area (Å²) in [4.78, 5) is 9.89. The number of nitro benzene ring substituents is 1. The van der Waals surface area contributed by atoms with Crippen molar-refractivity contribution in [1.82, 2.24) is 0 Å². The maximum absolute atomic E-state index is 10.5. The Kier molecular flexibility index (Phi) is 3.19. The zero-order valence-electron chi connectivity index (χ0n) is 7.17. The van der Waals surface area contributed by atoms with Gasteiger partial charge in [-0.15, -0.1) is 0 Å². The number of rotatable bonds is 3. The van der Waals surface area contributed by atoms with Crippen molar-refractivity contribution in [2.75, 3.05) is 0 Å². The zero-order chi connectivity index (χ0) is 10.7. The van der Waals surface area contributed by atoms with Crippen LogP contribution in [0.3, 0.4) is 0 Å². The second-order valence-corrected chi connectivity index (χ2v) is 3.69. The zero-order valence-corrected chi connectivity index (χ0v) is 8.07. The summed E-state index contributed by atoms with van der Waals surface area (Å²) in [6.07, 6.45) is 0. The fourth-order valence-corrected chi connectivity index (χ4v) is 1.52. The van der Waals surface area contributed by atoms with Crippen LogP contribution in [0, 0.1) is 17.0 Å². The highest BCUT2D eigenvalue weighted by Gasteiger charge is 2.10. The molecule has 1 rings (SSSR count). The summed E-state index contributed by atoms with van der Waals surface area (Å²) in [6.45, 7) is 3.47. The van der Waals surface area contributed by atoms with Crippen LogP contribution >= 0.6 is 0 Å². The summed E-state index contributed by atoms with van der Waals surface area (Å²) in [5.74, 6) is -0.184. The Labute approximate surface area is 82.5 Å². The smallest absolute Gasteiger partial charge is 0.258 e. The van der Waals surface area contributed by atoms with Gasteiger partial charge in [0, 0.05) is 11.6 Å². The molecule has 0 atom stereocenters. The lowest BCUT2D eigenvalue weighted by molar-refractivity contribution is -0.385. The van der Waals surface area contributed by atoms with Crippen molar-refractivity contribution in [3.63, 3.8) is 0 Å². The normalized spacial score (nSPS) is 10.4. The second-order valence-electron chi connectivity index (χ2n) is 2.71. The summed E-state index contributed by atoms with van der Waals surface area (Å²) in [6, 6.07) is 4.18. The molecule has 0 bridgehead atoms. The number of hydrogen-bond donors (Lipinski definition) is 1. The predicted molar refractivity (Wildman–Crippen MR) is 51.6 cm³/mol. The van der Waals surface area contributed by atoms with Crippen molar-refractivity contribution in [1.29, 1.82) is 0 Å². The monoisotopic (exact) mass is 214 g/mol. The molecule has 0 aromatic heterocycles. The van der Waals surface area contributed by atoms with Gasteiger partial charge in [0.15, 0.2) is 0 Å². The Morgan fingerprint density at radius 3 is 2.57 bits per heavy atom. The SMILES string of the molecule is [CH2]c1ccc(C[SH](=O)=O)cc1[N+](=O)[O-]. The van der Waals surface area contributed by atoms with Crippen LogP contribution in [0.5, 0.6) is 0 Å². The molecule has 1 aromatic rings. The molecule has 6 heteroatoms. The summed E-state index contributed by atoms with van der Waals surface area (Å²) in [5, 5.41) is 10.5. The van der Waals surface area contributed by atoms with Crippen molar-refractivity contribution in [2.45, 2.75) is 5.75 Å². The minimum atomic E-state index is -2.56. The first-order valence-electron chi connectivity index (χ1n) is 3.72. The van der Waals surface area contributed by atoms with Crippen LogP contribution in [0.2, 0.25) is 0 Å². The molecule has 0 saturated carbocycles. The number of nitro groups is 1. The molecule has 0 amide bonds. The topological polar surface area (TPSA) is 77.3 Å². The van der Waals surface area contributed by atoms with Gasteiger partial charge in [0.2, 0.25) is 0 Å². The van der Waals surface area contributed by atoms with E-state index in [4.69, 9.17) is 0 Å². The van der Waals surface area contributed by atoms with Gasteiger partial charge >= 0.3 is 0 Å². The van der Waals surface area contributed by atoms with Crippen molar-refractivity contribution >= 4 is 16.4 Å². The van der Waals surface area contributed by atoms with Crippen LogP contribution in [0.1, 0.15) is 11.1 Å². The number of hydrogen-bond acceptors (Lipinski definition) is 4. The summed E-state index contributed by atoms with van der Waals surface area (Å²) in [5.41, 5.74) is 0.527. The Hall–Kier alpha value is -1.43. The van der Waals surface area contributed by atoms with Gasteiger partial charge in [0.05, 0.1) is 10.7 Å². The van der Waals surface area contributed by atoms with Crippen molar-refractivity contribution < 1.29 is 13.3 Å². The Bertz CT molecular complexity index is 431. The third-order valence-electron chi connectivity index (χ3n) is 1.66. The van der Waals surface area contributed by atoms with Gasteiger partial charge in [-0.1, -0.05) is 12.1 Å². The van der Waals surface area contributed by atoms with E-state index in [1.54, 1.807) is 0 Å². The lowest BCUT2D eigenvalue weighted by Crippen LogP contribution is -1.94.